The van der Waals surface area contributed by atoms with Gasteiger partial charge in [0.25, 0.3) is 0 Å². The number of sulfone groups is 1. The molecular weight excluding hydrogens is 360 g/mol. The molecule has 0 aliphatic carbocycles. The fraction of sp³-hybridized carbons (Fsp3) is 0.278. The molecule has 1 N–H and O–H groups in total. The Morgan fingerprint density at radius 2 is 1.76 bits per heavy atom. The number of nitrogens with zero attached hydrogens (tertiary/aromatic N) is 1. The summed E-state index contributed by atoms with van der Waals surface area (Å²) in [5.74, 6) is 0. The summed E-state index contributed by atoms with van der Waals surface area (Å²) in [6.45, 7) is 3.76. The summed E-state index contributed by atoms with van der Waals surface area (Å²) < 4.78 is 23.1. The molecule has 0 aliphatic heterocycles. The Hall–Kier alpha value is -2.05. The van der Waals surface area contributed by atoms with Crippen LogP contribution in [-0.2, 0) is 9.84 Å². The third kappa shape index (κ3) is 4.74. The number of hydrogen-bond acceptors (Lipinski definition) is 3. The van der Waals surface area contributed by atoms with Crippen molar-refractivity contribution in [2.45, 2.75) is 24.8 Å². The van der Waals surface area contributed by atoms with E-state index in [1.165, 1.54) is 0 Å². The van der Waals surface area contributed by atoms with Gasteiger partial charge in [-0.1, -0.05) is 29.8 Å². The molecule has 0 spiro atoms. The highest BCUT2D eigenvalue weighted by molar-refractivity contribution is 7.90. The van der Waals surface area contributed by atoms with Crippen LogP contribution in [0.5, 0.6) is 0 Å². The topological polar surface area (TPSA) is 66.5 Å². The minimum Gasteiger partial charge on any atom is -0.321 e. The number of hydrogen-bond donors (Lipinski definition) is 1. The zero-order valence-electron chi connectivity index (χ0n) is 14.6. The Labute approximate surface area is 153 Å². The molecule has 0 bridgehead atoms. The Kier molecular flexibility index (Phi) is 5.75. The number of rotatable bonds is 4. The van der Waals surface area contributed by atoms with Crippen LogP contribution < -0.4 is 5.32 Å². The van der Waals surface area contributed by atoms with Gasteiger partial charge in [-0.3, -0.25) is 0 Å². The molecule has 0 aromatic heterocycles. The molecule has 2 rings (SSSR count). The summed E-state index contributed by atoms with van der Waals surface area (Å²) in [4.78, 5) is 14.2. The Balaban J connectivity index is 2.11. The van der Waals surface area contributed by atoms with Crippen LogP contribution in [0.3, 0.4) is 0 Å². The first kappa shape index (κ1) is 19.3. The van der Waals surface area contributed by atoms with E-state index in [4.69, 9.17) is 11.6 Å². The van der Waals surface area contributed by atoms with E-state index in [0.717, 1.165) is 17.4 Å². The van der Waals surface area contributed by atoms with Crippen LogP contribution in [0.1, 0.15) is 24.1 Å². The highest BCUT2D eigenvalue weighted by Gasteiger charge is 2.18. The summed E-state index contributed by atoms with van der Waals surface area (Å²) in [6, 6.07) is 11.4. The summed E-state index contributed by atoms with van der Waals surface area (Å²) in [5, 5.41) is 3.39. The summed E-state index contributed by atoms with van der Waals surface area (Å²) in [7, 11) is -1.55. The van der Waals surface area contributed by atoms with Gasteiger partial charge in [0.15, 0.2) is 9.84 Å². The smallest absolute Gasteiger partial charge is 0.321 e. The fourth-order valence-electron chi connectivity index (χ4n) is 2.28. The van der Waals surface area contributed by atoms with Gasteiger partial charge < -0.3 is 10.2 Å². The number of amides is 2. The first-order valence-corrected chi connectivity index (χ1v) is 9.96. The summed E-state index contributed by atoms with van der Waals surface area (Å²) in [5.41, 5.74) is 2.39. The molecule has 7 heteroatoms. The Bertz CT molecular complexity index is 880. The molecule has 0 saturated carbocycles. The number of benzene rings is 2. The lowest BCUT2D eigenvalue weighted by Crippen LogP contribution is -2.33. The van der Waals surface area contributed by atoms with Crippen molar-refractivity contribution in [3.8, 4) is 0 Å². The SMILES string of the molecule is Cc1ccc(NC(=O)N(C)C(C)c2ccc(S(C)(=O)=O)cc2)cc1Cl. The van der Waals surface area contributed by atoms with E-state index in [1.807, 2.05) is 19.9 Å². The molecule has 0 radical (unpaired) electrons. The second-order valence-corrected chi connectivity index (χ2v) is 8.45. The molecule has 2 amide bonds. The third-order valence-corrected chi connectivity index (χ3v) is 5.65. The molecule has 1 atom stereocenters. The molecule has 0 fully saturated rings. The Morgan fingerprint density at radius 1 is 1.16 bits per heavy atom. The highest BCUT2D eigenvalue weighted by atomic mass is 35.5. The van der Waals surface area contributed by atoms with E-state index < -0.39 is 9.84 Å². The van der Waals surface area contributed by atoms with Crippen molar-refractivity contribution in [2.75, 3.05) is 18.6 Å². The number of halogens is 1. The molecule has 25 heavy (non-hydrogen) atoms. The maximum atomic E-state index is 12.4. The van der Waals surface area contributed by atoms with Crippen molar-refractivity contribution in [3.63, 3.8) is 0 Å². The number of nitrogens with one attached hydrogen (secondary N) is 1. The average molecular weight is 381 g/mol. The number of anilines is 1. The van der Waals surface area contributed by atoms with Gasteiger partial charge in [-0.25, -0.2) is 13.2 Å². The second-order valence-electron chi connectivity index (χ2n) is 6.02. The monoisotopic (exact) mass is 380 g/mol. The number of urea groups is 1. The van der Waals surface area contributed by atoms with Gasteiger partial charge in [-0.2, -0.15) is 0 Å². The van der Waals surface area contributed by atoms with Gasteiger partial charge in [-0.15, -0.1) is 0 Å². The van der Waals surface area contributed by atoms with E-state index in [-0.39, 0.29) is 17.0 Å². The molecular formula is C18H21ClN2O3S. The molecule has 0 heterocycles. The fourth-order valence-corrected chi connectivity index (χ4v) is 3.09. The van der Waals surface area contributed by atoms with Crippen molar-refractivity contribution in [1.82, 2.24) is 4.90 Å². The molecule has 1 unspecified atom stereocenters. The van der Waals surface area contributed by atoms with Crippen LogP contribution in [-0.4, -0.2) is 32.7 Å². The molecule has 2 aromatic rings. The average Bonchev–Trinajstić information content (AvgIpc) is 2.56. The van der Waals surface area contributed by atoms with Gasteiger partial charge >= 0.3 is 6.03 Å². The van der Waals surface area contributed by atoms with Crippen LogP contribution >= 0.6 is 11.6 Å². The van der Waals surface area contributed by atoms with Crippen molar-refractivity contribution in [3.05, 3.63) is 58.6 Å². The lowest BCUT2D eigenvalue weighted by molar-refractivity contribution is 0.208. The number of carbonyl (C=O) groups is 1. The standard InChI is InChI=1S/C18H21ClN2O3S/c1-12-5-8-15(11-17(12)19)20-18(22)21(3)13(2)14-6-9-16(10-7-14)25(4,23)24/h5-11,13H,1-4H3,(H,20,22). The van der Waals surface area contributed by atoms with Crippen molar-refractivity contribution in [2.24, 2.45) is 0 Å². The molecule has 2 aromatic carbocycles. The minimum atomic E-state index is -3.24. The lowest BCUT2D eigenvalue weighted by Gasteiger charge is -2.26. The van der Waals surface area contributed by atoms with Crippen LogP contribution in [0.15, 0.2) is 47.4 Å². The van der Waals surface area contributed by atoms with Crippen molar-refractivity contribution >= 4 is 33.2 Å². The first-order valence-electron chi connectivity index (χ1n) is 7.69. The number of aryl methyl sites for hydroxylation is 1. The quantitative estimate of drug-likeness (QED) is 0.860. The van der Waals surface area contributed by atoms with Gasteiger partial charge in [0.05, 0.1) is 10.9 Å². The zero-order chi connectivity index (χ0) is 18.8. The summed E-state index contributed by atoms with van der Waals surface area (Å²) >= 11 is 6.07. The second kappa shape index (κ2) is 7.45. The van der Waals surface area contributed by atoms with Crippen LogP contribution in [0.25, 0.3) is 0 Å². The molecule has 5 nitrogen and oxygen atoms in total. The predicted molar refractivity (Wildman–Crippen MR) is 101 cm³/mol. The predicted octanol–water partition coefficient (Wildman–Crippen LogP) is 4.28. The van der Waals surface area contributed by atoms with Gasteiger partial charge in [-0.05, 0) is 49.2 Å². The van der Waals surface area contributed by atoms with E-state index in [1.54, 1.807) is 48.3 Å². The maximum Gasteiger partial charge on any atom is 0.322 e. The van der Waals surface area contributed by atoms with Crippen LogP contribution in [0, 0.1) is 6.92 Å². The largest absolute Gasteiger partial charge is 0.322 e. The third-order valence-electron chi connectivity index (χ3n) is 4.12. The van der Waals surface area contributed by atoms with Crippen LogP contribution in [0.4, 0.5) is 10.5 Å². The van der Waals surface area contributed by atoms with E-state index in [2.05, 4.69) is 5.32 Å². The molecule has 0 aliphatic rings. The minimum absolute atomic E-state index is 0.227. The van der Waals surface area contributed by atoms with E-state index in [0.29, 0.717) is 10.7 Å². The van der Waals surface area contributed by atoms with Crippen LogP contribution in [0.2, 0.25) is 5.02 Å². The Morgan fingerprint density at radius 3 is 2.28 bits per heavy atom. The normalized spacial score (nSPS) is 12.5. The van der Waals surface area contributed by atoms with E-state index >= 15 is 0 Å². The highest BCUT2D eigenvalue weighted by Crippen LogP contribution is 2.23. The lowest BCUT2D eigenvalue weighted by atomic mass is 10.1. The van der Waals surface area contributed by atoms with Crippen molar-refractivity contribution < 1.29 is 13.2 Å². The van der Waals surface area contributed by atoms with Gasteiger partial charge in [0.2, 0.25) is 0 Å². The maximum absolute atomic E-state index is 12.4. The van der Waals surface area contributed by atoms with E-state index in [9.17, 15) is 13.2 Å². The van der Waals surface area contributed by atoms with Crippen molar-refractivity contribution in [1.29, 1.82) is 0 Å². The summed E-state index contributed by atoms with van der Waals surface area (Å²) in [6.07, 6.45) is 1.16. The first-order chi connectivity index (χ1) is 11.6. The molecule has 134 valence electrons. The number of carbonyl (C=O) groups excluding carboxylic acids is 1. The van der Waals surface area contributed by atoms with Gasteiger partial charge in [0, 0.05) is 24.0 Å². The zero-order valence-corrected chi connectivity index (χ0v) is 16.1. The van der Waals surface area contributed by atoms with Gasteiger partial charge in [0.1, 0.15) is 0 Å². The molecule has 0 saturated heterocycles.